The molecule has 0 radical (unpaired) electrons. The third kappa shape index (κ3) is 2.27. The molecule has 0 spiro atoms. The van der Waals surface area contributed by atoms with Crippen LogP contribution in [0.25, 0.3) is 11.6 Å². The lowest BCUT2D eigenvalue weighted by atomic mass is 9.88. The van der Waals surface area contributed by atoms with Crippen molar-refractivity contribution in [2.45, 2.75) is 12.8 Å². The number of benzene rings is 1. The molecule has 1 heterocycles. The van der Waals surface area contributed by atoms with Crippen molar-refractivity contribution in [2.24, 2.45) is 0 Å². The van der Waals surface area contributed by atoms with Crippen LogP contribution in [0.1, 0.15) is 33.5 Å². The predicted octanol–water partition coefficient (Wildman–Crippen LogP) is 1.93. The first-order valence-corrected chi connectivity index (χ1v) is 6.19. The Hall–Kier alpha value is -2.42. The molecule has 0 N–H and O–H groups in total. The largest absolute Gasteiger partial charge is 0.545 e. The minimum atomic E-state index is -1.13. The number of carbonyl (C=O) groups excluding carboxylic acids is 1. The second-order valence-electron chi connectivity index (χ2n) is 4.61. The van der Waals surface area contributed by atoms with Crippen LogP contribution >= 0.6 is 0 Å². The molecule has 94 valence electrons. The Morgan fingerprint density at radius 1 is 1.21 bits per heavy atom. The van der Waals surface area contributed by atoms with E-state index >= 15 is 0 Å². The highest BCUT2D eigenvalue weighted by Gasteiger charge is 2.12. The van der Waals surface area contributed by atoms with Crippen LogP contribution in [0.5, 0.6) is 0 Å². The van der Waals surface area contributed by atoms with Crippen molar-refractivity contribution in [3.05, 3.63) is 65.0 Å². The fourth-order valence-electron chi connectivity index (χ4n) is 2.39. The smallest absolute Gasteiger partial charge is 0.0715 e. The van der Waals surface area contributed by atoms with Crippen LogP contribution in [0.2, 0.25) is 0 Å². The standard InChI is InChI=1S/C16H13NO2/c18-16(19)13-6-4-11-3-5-12(8-15(11)9-13)14-2-1-7-17-10-14/h1-2,4,6-10H,3,5H2,(H,18,19)/p-1. The van der Waals surface area contributed by atoms with Gasteiger partial charge in [-0.3, -0.25) is 4.98 Å². The maximum absolute atomic E-state index is 10.9. The number of nitrogens with zero attached hydrogens (tertiary/aromatic N) is 1. The fraction of sp³-hybridized carbons (Fsp3) is 0.125. The van der Waals surface area contributed by atoms with Crippen LogP contribution in [0.4, 0.5) is 0 Å². The number of carboxylic acids is 1. The summed E-state index contributed by atoms with van der Waals surface area (Å²) in [6.45, 7) is 0. The summed E-state index contributed by atoms with van der Waals surface area (Å²) in [5.41, 5.74) is 4.65. The van der Waals surface area contributed by atoms with Crippen molar-refractivity contribution in [1.29, 1.82) is 0 Å². The summed E-state index contributed by atoms with van der Waals surface area (Å²) in [4.78, 5) is 15.0. The Bertz CT molecular complexity index is 660. The number of fused-ring (bicyclic) bond motifs is 1. The highest BCUT2D eigenvalue weighted by molar-refractivity contribution is 5.90. The molecular formula is C16H12NO2-. The summed E-state index contributed by atoms with van der Waals surface area (Å²) in [5.74, 6) is -1.13. The Kier molecular flexibility index (Phi) is 2.88. The topological polar surface area (TPSA) is 53.0 Å². The molecule has 1 aromatic carbocycles. The molecule has 1 aromatic heterocycles. The molecule has 0 bridgehead atoms. The van der Waals surface area contributed by atoms with E-state index in [1.807, 2.05) is 30.5 Å². The van der Waals surface area contributed by atoms with E-state index < -0.39 is 5.97 Å². The molecule has 1 aliphatic rings. The van der Waals surface area contributed by atoms with Gasteiger partial charge in [-0.05, 0) is 52.8 Å². The lowest BCUT2D eigenvalue weighted by Gasteiger charge is -2.17. The molecule has 0 fully saturated rings. The number of rotatable bonds is 2. The van der Waals surface area contributed by atoms with Crippen LogP contribution in [0.3, 0.4) is 0 Å². The molecule has 2 aromatic rings. The summed E-state index contributed by atoms with van der Waals surface area (Å²) >= 11 is 0. The Morgan fingerprint density at radius 2 is 2.11 bits per heavy atom. The van der Waals surface area contributed by atoms with Gasteiger partial charge >= 0.3 is 0 Å². The van der Waals surface area contributed by atoms with Crippen molar-refractivity contribution in [1.82, 2.24) is 4.98 Å². The van der Waals surface area contributed by atoms with Crippen molar-refractivity contribution >= 4 is 17.6 Å². The van der Waals surface area contributed by atoms with Crippen LogP contribution < -0.4 is 5.11 Å². The number of carboxylic acid groups (broad SMARTS) is 1. The Balaban J connectivity index is 2.04. The number of allylic oxidation sites excluding steroid dienone is 1. The van der Waals surface area contributed by atoms with Gasteiger partial charge in [0.25, 0.3) is 0 Å². The number of aromatic carboxylic acids is 1. The average molecular weight is 250 g/mol. The van der Waals surface area contributed by atoms with Gasteiger partial charge in [-0.25, -0.2) is 0 Å². The molecule has 0 saturated heterocycles. The lowest BCUT2D eigenvalue weighted by molar-refractivity contribution is -0.255. The van der Waals surface area contributed by atoms with Gasteiger partial charge in [0.05, 0.1) is 5.97 Å². The van der Waals surface area contributed by atoms with E-state index in [1.165, 1.54) is 11.1 Å². The number of carbonyl (C=O) groups is 1. The molecule has 3 nitrogen and oxygen atoms in total. The Morgan fingerprint density at radius 3 is 2.84 bits per heavy atom. The average Bonchev–Trinajstić information content (AvgIpc) is 2.47. The quantitative estimate of drug-likeness (QED) is 0.818. The monoisotopic (exact) mass is 250 g/mol. The minimum absolute atomic E-state index is 0.224. The summed E-state index contributed by atoms with van der Waals surface area (Å²) < 4.78 is 0. The van der Waals surface area contributed by atoms with Gasteiger partial charge < -0.3 is 9.90 Å². The highest BCUT2D eigenvalue weighted by atomic mass is 16.4. The zero-order valence-electron chi connectivity index (χ0n) is 10.3. The maximum atomic E-state index is 10.9. The van der Waals surface area contributed by atoms with Crippen molar-refractivity contribution in [2.75, 3.05) is 0 Å². The molecule has 0 aliphatic heterocycles. The van der Waals surface area contributed by atoms with E-state index in [4.69, 9.17) is 0 Å². The van der Waals surface area contributed by atoms with E-state index in [0.717, 1.165) is 24.0 Å². The summed E-state index contributed by atoms with van der Waals surface area (Å²) in [7, 11) is 0. The van der Waals surface area contributed by atoms with Gasteiger partial charge in [0.15, 0.2) is 0 Å². The zero-order valence-corrected chi connectivity index (χ0v) is 10.3. The van der Waals surface area contributed by atoms with Crippen molar-refractivity contribution < 1.29 is 9.90 Å². The van der Waals surface area contributed by atoms with E-state index in [9.17, 15) is 9.90 Å². The number of aryl methyl sites for hydroxylation is 1. The van der Waals surface area contributed by atoms with Gasteiger partial charge in [0, 0.05) is 12.4 Å². The number of hydrogen-bond acceptors (Lipinski definition) is 3. The summed E-state index contributed by atoms with van der Waals surface area (Å²) in [6.07, 6.45) is 7.49. The highest BCUT2D eigenvalue weighted by Crippen LogP contribution is 2.30. The van der Waals surface area contributed by atoms with Gasteiger partial charge in [-0.1, -0.05) is 24.3 Å². The first kappa shape index (κ1) is 11.7. The first-order chi connectivity index (χ1) is 9.24. The molecule has 3 heteroatoms. The van der Waals surface area contributed by atoms with Crippen LogP contribution in [0.15, 0.2) is 42.7 Å². The lowest BCUT2D eigenvalue weighted by Crippen LogP contribution is -2.22. The van der Waals surface area contributed by atoms with Crippen molar-refractivity contribution in [3.63, 3.8) is 0 Å². The third-order valence-electron chi connectivity index (χ3n) is 3.41. The molecule has 3 rings (SSSR count). The van der Waals surface area contributed by atoms with Crippen LogP contribution in [-0.2, 0) is 6.42 Å². The van der Waals surface area contributed by atoms with E-state index in [0.29, 0.717) is 0 Å². The minimum Gasteiger partial charge on any atom is -0.545 e. The molecule has 0 saturated carbocycles. The molecule has 1 aliphatic carbocycles. The molecule has 0 unspecified atom stereocenters. The van der Waals surface area contributed by atoms with Gasteiger partial charge in [-0.15, -0.1) is 0 Å². The molecule has 0 atom stereocenters. The van der Waals surface area contributed by atoms with Crippen LogP contribution in [-0.4, -0.2) is 11.0 Å². The van der Waals surface area contributed by atoms with Gasteiger partial charge in [-0.2, -0.15) is 0 Å². The second-order valence-corrected chi connectivity index (χ2v) is 4.61. The summed E-state index contributed by atoms with van der Waals surface area (Å²) in [5, 5.41) is 10.9. The predicted molar refractivity (Wildman–Crippen MR) is 71.2 cm³/mol. The second kappa shape index (κ2) is 4.69. The van der Waals surface area contributed by atoms with E-state index in [2.05, 4.69) is 4.98 Å². The molecule has 0 amide bonds. The van der Waals surface area contributed by atoms with Gasteiger partial charge in [0.2, 0.25) is 0 Å². The molecule has 19 heavy (non-hydrogen) atoms. The maximum Gasteiger partial charge on any atom is 0.0715 e. The third-order valence-corrected chi connectivity index (χ3v) is 3.41. The number of aromatic nitrogens is 1. The van der Waals surface area contributed by atoms with Crippen LogP contribution in [0, 0.1) is 0 Å². The number of hydrogen-bond donors (Lipinski definition) is 0. The van der Waals surface area contributed by atoms with E-state index in [-0.39, 0.29) is 5.56 Å². The SMILES string of the molecule is O=C([O-])c1ccc2c(c1)C=C(c1cccnc1)CC2. The summed E-state index contributed by atoms with van der Waals surface area (Å²) in [6, 6.07) is 9.09. The van der Waals surface area contributed by atoms with E-state index in [1.54, 1.807) is 18.3 Å². The fourth-order valence-corrected chi connectivity index (χ4v) is 2.39. The normalized spacial score (nSPS) is 13.6. The first-order valence-electron chi connectivity index (χ1n) is 6.19. The number of pyridine rings is 1. The Labute approximate surface area is 111 Å². The molecular weight excluding hydrogens is 238 g/mol. The van der Waals surface area contributed by atoms with Gasteiger partial charge in [0.1, 0.15) is 0 Å². The van der Waals surface area contributed by atoms with Crippen molar-refractivity contribution in [3.8, 4) is 0 Å². The zero-order chi connectivity index (χ0) is 13.2.